The van der Waals surface area contributed by atoms with Crippen molar-refractivity contribution < 1.29 is 4.79 Å². The lowest BCUT2D eigenvalue weighted by Gasteiger charge is -2.19. The Morgan fingerprint density at radius 1 is 1.33 bits per heavy atom. The van der Waals surface area contributed by atoms with Gasteiger partial charge in [-0.25, -0.2) is 0 Å². The molecule has 1 unspecified atom stereocenters. The highest BCUT2D eigenvalue weighted by Gasteiger charge is 2.23. The van der Waals surface area contributed by atoms with Gasteiger partial charge in [0.15, 0.2) is 0 Å². The zero-order valence-corrected chi connectivity index (χ0v) is 15.2. The van der Waals surface area contributed by atoms with E-state index in [9.17, 15) is 4.79 Å². The second kappa shape index (κ2) is 8.29. The molecule has 3 rings (SSSR count). The second-order valence-corrected chi connectivity index (χ2v) is 7.16. The number of pyridine rings is 1. The number of carbonyl (C=O) groups is 1. The number of aromatic nitrogens is 1. The molecule has 1 atom stereocenters. The molecule has 2 aromatic rings. The average molecular weight is 388 g/mol. The van der Waals surface area contributed by atoms with E-state index in [0.717, 1.165) is 42.5 Å². The summed E-state index contributed by atoms with van der Waals surface area (Å²) in [7, 11) is 0. The molecule has 1 aromatic heterocycles. The number of nitrogens with zero attached hydrogens (tertiary/aromatic N) is 2. The molecule has 1 aliphatic rings. The number of amides is 1. The molecule has 24 heavy (non-hydrogen) atoms. The van der Waals surface area contributed by atoms with Crippen LogP contribution < -0.4 is 10.2 Å². The molecule has 2 heterocycles. The molecule has 126 valence electrons. The Balaban J connectivity index is 1.40. The lowest BCUT2D eigenvalue weighted by molar-refractivity contribution is -0.121. The smallest absolute Gasteiger partial charge is 0.220 e. The van der Waals surface area contributed by atoms with Gasteiger partial charge in [-0.05, 0) is 48.6 Å². The molecule has 0 radical (unpaired) electrons. The lowest BCUT2D eigenvalue weighted by Crippen LogP contribution is -2.31. The minimum absolute atomic E-state index is 0.125. The third-order valence-electron chi connectivity index (χ3n) is 4.41. The molecule has 0 saturated carbocycles. The van der Waals surface area contributed by atoms with Crippen LogP contribution in [0.1, 0.15) is 18.4 Å². The van der Waals surface area contributed by atoms with Crippen molar-refractivity contribution in [1.29, 1.82) is 0 Å². The number of rotatable bonds is 6. The number of hydrogen-bond donors (Lipinski definition) is 1. The topological polar surface area (TPSA) is 45.2 Å². The molecule has 1 amide bonds. The Hall–Kier alpha value is -1.88. The monoisotopic (exact) mass is 387 g/mol. The van der Waals surface area contributed by atoms with Gasteiger partial charge in [-0.2, -0.15) is 0 Å². The van der Waals surface area contributed by atoms with Gasteiger partial charge in [-0.15, -0.1) is 0 Å². The van der Waals surface area contributed by atoms with Crippen LogP contribution in [0.2, 0.25) is 0 Å². The van der Waals surface area contributed by atoms with Crippen LogP contribution in [0.5, 0.6) is 0 Å². The van der Waals surface area contributed by atoms with E-state index in [1.807, 2.05) is 24.4 Å². The number of aryl methyl sites for hydroxylation is 1. The van der Waals surface area contributed by atoms with E-state index >= 15 is 0 Å². The summed E-state index contributed by atoms with van der Waals surface area (Å²) in [5.41, 5.74) is 2.35. The van der Waals surface area contributed by atoms with Gasteiger partial charge in [-0.1, -0.05) is 28.1 Å². The number of hydrogen-bond acceptors (Lipinski definition) is 3. The van der Waals surface area contributed by atoms with E-state index in [-0.39, 0.29) is 5.91 Å². The summed E-state index contributed by atoms with van der Waals surface area (Å²) in [5, 5.41) is 3.08. The number of halogens is 1. The molecule has 0 spiro atoms. The van der Waals surface area contributed by atoms with Gasteiger partial charge in [0.05, 0.1) is 0 Å². The van der Waals surface area contributed by atoms with E-state index in [0.29, 0.717) is 12.3 Å². The number of benzene rings is 1. The predicted molar refractivity (Wildman–Crippen MR) is 100 cm³/mol. The van der Waals surface area contributed by atoms with E-state index in [1.165, 1.54) is 5.69 Å². The fourth-order valence-electron chi connectivity index (χ4n) is 3.06. The van der Waals surface area contributed by atoms with Crippen molar-refractivity contribution in [3.05, 3.63) is 58.8 Å². The molecule has 1 aliphatic heterocycles. The molecule has 4 nitrogen and oxygen atoms in total. The molecular formula is C19H22BrN3O. The van der Waals surface area contributed by atoms with Crippen LogP contribution in [0.4, 0.5) is 5.69 Å². The van der Waals surface area contributed by atoms with Crippen LogP contribution in [-0.2, 0) is 11.2 Å². The van der Waals surface area contributed by atoms with Crippen molar-refractivity contribution in [2.24, 2.45) is 5.92 Å². The molecule has 1 aromatic carbocycles. The van der Waals surface area contributed by atoms with Crippen LogP contribution in [0.3, 0.4) is 0 Å². The zero-order chi connectivity index (χ0) is 16.8. The van der Waals surface area contributed by atoms with Crippen molar-refractivity contribution in [2.45, 2.75) is 19.3 Å². The SMILES string of the molecule is O=C(CCc1cccnc1)NCC1CCN(c2cccc(Br)c2)C1. The van der Waals surface area contributed by atoms with Gasteiger partial charge in [0.1, 0.15) is 0 Å². The van der Waals surface area contributed by atoms with E-state index in [4.69, 9.17) is 0 Å². The average Bonchev–Trinajstić information content (AvgIpc) is 3.08. The first-order valence-corrected chi connectivity index (χ1v) is 9.16. The van der Waals surface area contributed by atoms with Gasteiger partial charge in [0.25, 0.3) is 0 Å². The standard InChI is InChI=1S/C19H22BrN3O/c20-17-4-1-5-18(11-17)23-10-8-16(14-23)13-22-19(24)7-6-15-3-2-9-21-12-15/h1-5,9,11-12,16H,6-8,10,13-14H2,(H,22,24). The maximum Gasteiger partial charge on any atom is 0.220 e. The highest BCUT2D eigenvalue weighted by Crippen LogP contribution is 2.25. The van der Waals surface area contributed by atoms with Crippen molar-refractivity contribution >= 4 is 27.5 Å². The lowest BCUT2D eigenvalue weighted by atomic mass is 10.1. The molecule has 0 aliphatic carbocycles. The number of nitrogens with one attached hydrogen (secondary N) is 1. The summed E-state index contributed by atoms with van der Waals surface area (Å²) in [5.74, 6) is 0.645. The molecule has 0 bridgehead atoms. The van der Waals surface area contributed by atoms with Crippen LogP contribution in [0, 0.1) is 5.92 Å². The summed E-state index contributed by atoms with van der Waals surface area (Å²) in [6.45, 7) is 2.81. The molecule has 1 saturated heterocycles. The Bertz CT molecular complexity index is 677. The van der Waals surface area contributed by atoms with Crippen LogP contribution in [0.25, 0.3) is 0 Å². The van der Waals surface area contributed by atoms with Crippen molar-refractivity contribution in [3.8, 4) is 0 Å². The first kappa shape index (κ1) is 17.0. The first-order chi connectivity index (χ1) is 11.7. The van der Waals surface area contributed by atoms with Gasteiger partial charge >= 0.3 is 0 Å². The Morgan fingerprint density at radius 3 is 3.04 bits per heavy atom. The summed E-state index contributed by atoms with van der Waals surface area (Å²) in [6.07, 6.45) is 5.96. The number of anilines is 1. The van der Waals surface area contributed by atoms with Gasteiger partial charge < -0.3 is 10.2 Å². The first-order valence-electron chi connectivity index (χ1n) is 8.37. The summed E-state index contributed by atoms with van der Waals surface area (Å²) < 4.78 is 1.10. The second-order valence-electron chi connectivity index (χ2n) is 6.25. The minimum atomic E-state index is 0.125. The maximum absolute atomic E-state index is 12.0. The predicted octanol–water partition coefficient (Wildman–Crippen LogP) is 3.42. The van der Waals surface area contributed by atoms with Crippen LogP contribution in [-0.4, -0.2) is 30.5 Å². The number of carbonyl (C=O) groups excluding carboxylic acids is 1. The van der Waals surface area contributed by atoms with E-state index in [2.05, 4.69) is 49.3 Å². The molecule has 1 fully saturated rings. The Labute approximate surface area is 151 Å². The third-order valence-corrected chi connectivity index (χ3v) is 4.90. The largest absolute Gasteiger partial charge is 0.371 e. The Morgan fingerprint density at radius 2 is 2.25 bits per heavy atom. The van der Waals surface area contributed by atoms with Crippen molar-refractivity contribution in [1.82, 2.24) is 10.3 Å². The van der Waals surface area contributed by atoms with Crippen LogP contribution in [0.15, 0.2) is 53.3 Å². The highest BCUT2D eigenvalue weighted by atomic mass is 79.9. The quantitative estimate of drug-likeness (QED) is 0.825. The third kappa shape index (κ3) is 4.81. The maximum atomic E-state index is 12.0. The Kier molecular flexibility index (Phi) is 5.86. The van der Waals surface area contributed by atoms with Crippen LogP contribution >= 0.6 is 15.9 Å². The summed E-state index contributed by atoms with van der Waals surface area (Å²) >= 11 is 3.52. The van der Waals surface area contributed by atoms with Gasteiger partial charge in [-0.3, -0.25) is 9.78 Å². The normalized spacial score (nSPS) is 17.0. The van der Waals surface area contributed by atoms with E-state index in [1.54, 1.807) is 6.20 Å². The van der Waals surface area contributed by atoms with Gasteiger partial charge in [0.2, 0.25) is 5.91 Å². The van der Waals surface area contributed by atoms with Gasteiger partial charge in [0, 0.05) is 48.6 Å². The molecular weight excluding hydrogens is 366 g/mol. The highest BCUT2D eigenvalue weighted by molar-refractivity contribution is 9.10. The fraction of sp³-hybridized carbons (Fsp3) is 0.368. The fourth-order valence-corrected chi connectivity index (χ4v) is 3.44. The summed E-state index contributed by atoms with van der Waals surface area (Å²) in [4.78, 5) is 18.5. The minimum Gasteiger partial charge on any atom is -0.371 e. The van der Waals surface area contributed by atoms with Crippen molar-refractivity contribution in [2.75, 3.05) is 24.5 Å². The van der Waals surface area contributed by atoms with E-state index < -0.39 is 0 Å². The zero-order valence-electron chi connectivity index (χ0n) is 13.6. The van der Waals surface area contributed by atoms with Crippen molar-refractivity contribution in [3.63, 3.8) is 0 Å². The molecule has 5 heteroatoms. The summed E-state index contributed by atoms with van der Waals surface area (Å²) in [6, 6.07) is 12.3. The molecule has 1 N–H and O–H groups in total.